The molecular formula is C14H18OSe. The molecule has 1 aromatic carbocycles. The number of hydrogen-bond acceptors (Lipinski definition) is 1. The number of rotatable bonds is 6. The van der Waals surface area contributed by atoms with Crippen LogP contribution in [-0.4, -0.2) is 20.7 Å². The van der Waals surface area contributed by atoms with Crippen molar-refractivity contribution in [1.29, 1.82) is 0 Å². The first-order chi connectivity index (χ1) is 7.72. The zero-order chi connectivity index (χ0) is 11.8. The van der Waals surface area contributed by atoms with Crippen molar-refractivity contribution in [1.82, 2.24) is 0 Å². The molecule has 1 rings (SSSR count). The van der Waals surface area contributed by atoms with Gasteiger partial charge in [0.15, 0.2) is 0 Å². The summed E-state index contributed by atoms with van der Waals surface area (Å²) >= 11 is 0.308. The van der Waals surface area contributed by atoms with Gasteiger partial charge in [0.1, 0.15) is 0 Å². The molecule has 0 aliphatic carbocycles. The van der Waals surface area contributed by atoms with Gasteiger partial charge in [0.05, 0.1) is 0 Å². The Morgan fingerprint density at radius 1 is 1.31 bits per heavy atom. The number of carbonyl (C=O) groups excluding carboxylic acids is 1. The van der Waals surface area contributed by atoms with E-state index >= 15 is 0 Å². The molecule has 0 fully saturated rings. The SMILES string of the molecule is CCCC/C(=C/C(C)=O)[Se]c1ccccc1. The van der Waals surface area contributed by atoms with Crippen molar-refractivity contribution in [2.45, 2.75) is 33.1 Å². The Kier molecular flexibility index (Phi) is 6.13. The normalized spacial score (nSPS) is 11.5. The van der Waals surface area contributed by atoms with Crippen LogP contribution in [0.25, 0.3) is 0 Å². The number of ketones is 1. The van der Waals surface area contributed by atoms with Gasteiger partial charge in [-0.15, -0.1) is 0 Å². The van der Waals surface area contributed by atoms with Crippen LogP contribution in [0, 0.1) is 0 Å². The van der Waals surface area contributed by atoms with Crippen LogP contribution in [0.3, 0.4) is 0 Å². The van der Waals surface area contributed by atoms with Gasteiger partial charge in [-0.1, -0.05) is 0 Å². The fourth-order valence-corrected chi connectivity index (χ4v) is 3.61. The Morgan fingerprint density at radius 3 is 2.56 bits per heavy atom. The third-order valence-corrected chi connectivity index (χ3v) is 4.42. The van der Waals surface area contributed by atoms with E-state index in [0.29, 0.717) is 15.0 Å². The summed E-state index contributed by atoms with van der Waals surface area (Å²) in [6, 6.07) is 10.4. The standard InChI is InChI=1S/C14H18OSe/c1-3-4-8-14(11-12(2)15)16-13-9-6-5-7-10-13/h5-7,9-11H,3-4,8H2,1-2H3/b14-11-. The van der Waals surface area contributed by atoms with Crippen LogP contribution < -0.4 is 4.46 Å². The minimum atomic E-state index is 0.170. The van der Waals surface area contributed by atoms with Gasteiger partial charge >= 0.3 is 104 Å². The molecule has 0 aliphatic rings. The van der Waals surface area contributed by atoms with E-state index < -0.39 is 0 Å². The van der Waals surface area contributed by atoms with Crippen LogP contribution in [0.15, 0.2) is 40.9 Å². The molecule has 0 atom stereocenters. The molecule has 0 saturated heterocycles. The van der Waals surface area contributed by atoms with E-state index in [2.05, 4.69) is 31.2 Å². The van der Waals surface area contributed by atoms with Crippen LogP contribution in [-0.2, 0) is 4.79 Å². The van der Waals surface area contributed by atoms with Gasteiger partial charge in [0.25, 0.3) is 0 Å². The molecule has 0 N–H and O–H groups in total. The monoisotopic (exact) mass is 282 g/mol. The first-order valence-corrected chi connectivity index (χ1v) is 7.37. The van der Waals surface area contributed by atoms with E-state index in [1.807, 2.05) is 12.1 Å². The van der Waals surface area contributed by atoms with Gasteiger partial charge in [0.2, 0.25) is 0 Å². The molecule has 0 heterocycles. The zero-order valence-electron chi connectivity index (χ0n) is 9.90. The van der Waals surface area contributed by atoms with Gasteiger partial charge in [-0.05, 0) is 0 Å². The molecule has 1 aromatic rings. The Labute approximate surface area is 104 Å². The summed E-state index contributed by atoms with van der Waals surface area (Å²) < 4.78 is 2.66. The summed E-state index contributed by atoms with van der Waals surface area (Å²) in [7, 11) is 0. The molecule has 0 saturated carbocycles. The van der Waals surface area contributed by atoms with Crippen LogP contribution in [0.5, 0.6) is 0 Å². The van der Waals surface area contributed by atoms with Crippen LogP contribution >= 0.6 is 0 Å². The van der Waals surface area contributed by atoms with Crippen molar-refractivity contribution in [2.75, 3.05) is 0 Å². The maximum absolute atomic E-state index is 11.1. The second kappa shape index (κ2) is 7.43. The topological polar surface area (TPSA) is 17.1 Å². The Hall–Kier alpha value is -0.851. The van der Waals surface area contributed by atoms with Gasteiger partial charge < -0.3 is 0 Å². The summed E-state index contributed by atoms with van der Waals surface area (Å²) in [5, 5.41) is 0. The Morgan fingerprint density at radius 2 is 2.00 bits per heavy atom. The van der Waals surface area contributed by atoms with E-state index in [-0.39, 0.29) is 5.78 Å². The first-order valence-electron chi connectivity index (χ1n) is 5.66. The summed E-state index contributed by atoms with van der Waals surface area (Å²) in [5.41, 5.74) is 0. The number of carbonyl (C=O) groups is 1. The third-order valence-electron chi connectivity index (χ3n) is 2.13. The van der Waals surface area contributed by atoms with Gasteiger partial charge in [0, 0.05) is 0 Å². The molecule has 2 heteroatoms. The average molecular weight is 281 g/mol. The first kappa shape index (κ1) is 13.2. The van der Waals surface area contributed by atoms with Crippen molar-refractivity contribution >= 4 is 25.2 Å². The second-order valence-electron chi connectivity index (χ2n) is 3.74. The Bertz CT molecular complexity index is 354. The van der Waals surface area contributed by atoms with Crippen LogP contribution in [0.1, 0.15) is 33.1 Å². The van der Waals surface area contributed by atoms with Crippen molar-refractivity contribution in [3.8, 4) is 0 Å². The second-order valence-corrected chi connectivity index (χ2v) is 6.26. The summed E-state index contributed by atoms with van der Waals surface area (Å²) in [6.07, 6.45) is 5.24. The molecule has 0 radical (unpaired) electrons. The third kappa shape index (κ3) is 5.29. The fraction of sp³-hybridized carbons (Fsp3) is 0.357. The molecule has 0 spiro atoms. The fourth-order valence-electron chi connectivity index (χ4n) is 1.37. The molecular weight excluding hydrogens is 263 g/mol. The number of benzene rings is 1. The Balaban J connectivity index is 2.67. The summed E-state index contributed by atoms with van der Waals surface area (Å²) in [5.74, 6) is 0.170. The van der Waals surface area contributed by atoms with Crippen LogP contribution in [0.4, 0.5) is 0 Å². The zero-order valence-corrected chi connectivity index (χ0v) is 11.6. The predicted octanol–water partition coefficient (Wildman–Crippen LogP) is 2.68. The van der Waals surface area contributed by atoms with E-state index in [1.54, 1.807) is 6.92 Å². The maximum atomic E-state index is 11.1. The van der Waals surface area contributed by atoms with Crippen molar-refractivity contribution < 1.29 is 4.79 Å². The van der Waals surface area contributed by atoms with E-state index in [1.165, 1.54) is 21.8 Å². The predicted molar refractivity (Wildman–Crippen MR) is 70.1 cm³/mol. The van der Waals surface area contributed by atoms with Crippen molar-refractivity contribution in [3.05, 3.63) is 40.9 Å². The molecule has 86 valence electrons. The van der Waals surface area contributed by atoms with Crippen molar-refractivity contribution in [2.24, 2.45) is 0 Å². The van der Waals surface area contributed by atoms with E-state index in [9.17, 15) is 4.79 Å². The molecule has 16 heavy (non-hydrogen) atoms. The number of unbranched alkanes of at least 4 members (excludes halogenated alkanes) is 1. The molecule has 0 amide bonds. The van der Waals surface area contributed by atoms with Crippen molar-refractivity contribution in [3.63, 3.8) is 0 Å². The number of allylic oxidation sites excluding steroid dienone is 2. The van der Waals surface area contributed by atoms with E-state index in [4.69, 9.17) is 0 Å². The van der Waals surface area contributed by atoms with Gasteiger partial charge in [-0.2, -0.15) is 0 Å². The molecule has 0 unspecified atom stereocenters. The van der Waals surface area contributed by atoms with Gasteiger partial charge in [-0.25, -0.2) is 0 Å². The molecule has 0 aliphatic heterocycles. The average Bonchev–Trinajstić information content (AvgIpc) is 2.26. The molecule has 1 nitrogen and oxygen atoms in total. The van der Waals surface area contributed by atoms with Gasteiger partial charge in [-0.3, -0.25) is 0 Å². The molecule has 0 bridgehead atoms. The summed E-state index contributed by atoms with van der Waals surface area (Å²) in [4.78, 5) is 11.1. The van der Waals surface area contributed by atoms with Crippen LogP contribution in [0.2, 0.25) is 0 Å². The quantitative estimate of drug-likeness (QED) is 0.579. The summed E-state index contributed by atoms with van der Waals surface area (Å²) in [6.45, 7) is 3.81. The number of hydrogen-bond donors (Lipinski definition) is 0. The minimum absolute atomic E-state index is 0.170. The van der Waals surface area contributed by atoms with E-state index in [0.717, 1.165) is 6.42 Å². The molecule has 0 aromatic heterocycles.